The highest BCUT2D eigenvalue weighted by Crippen LogP contribution is 2.24. The first-order valence-corrected chi connectivity index (χ1v) is 9.63. The molecule has 2 aromatic rings. The molecule has 3 rings (SSSR count). The first-order valence-electron chi connectivity index (χ1n) is 9.63. The van der Waals surface area contributed by atoms with Gasteiger partial charge in [0.25, 0.3) is 0 Å². The number of anilines is 2. The fourth-order valence-corrected chi connectivity index (χ4v) is 3.32. The number of amides is 2. The van der Waals surface area contributed by atoms with Crippen LogP contribution in [0, 0.1) is 0 Å². The number of urea groups is 1. The molecule has 2 aromatic carbocycles. The van der Waals surface area contributed by atoms with Crippen LogP contribution in [0.3, 0.4) is 0 Å². The smallest absolute Gasteiger partial charge is 0.322 e. The molecular formula is C22H29N3O3. The highest BCUT2D eigenvalue weighted by atomic mass is 16.5. The molecule has 28 heavy (non-hydrogen) atoms. The van der Waals surface area contributed by atoms with Crippen molar-refractivity contribution in [3.05, 3.63) is 54.1 Å². The summed E-state index contributed by atoms with van der Waals surface area (Å²) >= 11 is 0. The highest BCUT2D eigenvalue weighted by molar-refractivity contribution is 5.91. The summed E-state index contributed by atoms with van der Waals surface area (Å²) in [6, 6.07) is 15.5. The highest BCUT2D eigenvalue weighted by Gasteiger charge is 2.23. The zero-order chi connectivity index (χ0) is 19.9. The van der Waals surface area contributed by atoms with Gasteiger partial charge in [0.05, 0.1) is 18.9 Å². The molecule has 0 spiro atoms. The van der Waals surface area contributed by atoms with Gasteiger partial charge in [-0.3, -0.25) is 0 Å². The summed E-state index contributed by atoms with van der Waals surface area (Å²) in [7, 11) is 5.63. The molecule has 0 unspecified atom stereocenters. The van der Waals surface area contributed by atoms with Crippen LogP contribution in [-0.2, 0) is 11.3 Å². The molecule has 1 atom stereocenters. The molecule has 0 aliphatic carbocycles. The van der Waals surface area contributed by atoms with Gasteiger partial charge in [-0.05, 0) is 42.7 Å². The van der Waals surface area contributed by atoms with E-state index in [9.17, 15) is 4.79 Å². The summed E-state index contributed by atoms with van der Waals surface area (Å²) in [5.74, 6) is 0.642. The third kappa shape index (κ3) is 5.16. The van der Waals surface area contributed by atoms with E-state index in [2.05, 4.69) is 34.5 Å². The van der Waals surface area contributed by atoms with E-state index >= 15 is 0 Å². The number of rotatable bonds is 7. The van der Waals surface area contributed by atoms with Crippen LogP contribution in [0.4, 0.5) is 16.2 Å². The second-order valence-electron chi connectivity index (χ2n) is 7.21. The second kappa shape index (κ2) is 9.46. The van der Waals surface area contributed by atoms with Crippen molar-refractivity contribution in [3.63, 3.8) is 0 Å². The molecule has 0 saturated carbocycles. The minimum Gasteiger partial charge on any atom is -0.495 e. The van der Waals surface area contributed by atoms with Crippen molar-refractivity contribution in [2.24, 2.45) is 0 Å². The Morgan fingerprint density at radius 3 is 2.57 bits per heavy atom. The van der Waals surface area contributed by atoms with Crippen LogP contribution in [0.2, 0.25) is 0 Å². The van der Waals surface area contributed by atoms with Gasteiger partial charge in [0.1, 0.15) is 5.75 Å². The molecule has 0 radical (unpaired) electrons. The predicted octanol–water partition coefficient (Wildman–Crippen LogP) is 3.97. The zero-order valence-corrected chi connectivity index (χ0v) is 16.9. The van der Waals surface area contributed by atoms with E-state index in [1.54, 1.807) is 7.11 Å². The fraction of sp³-hybridized carbons (Fsp3) is 0.409. The lowest BCUT2D eigenvalue weighted by Gasteiger charge is -2.26. The molecule has 1 heterocycles. The Bertz CT molecular complexity index is 771. The number of benzene rings is 2. The van der Waals surface area contributed by atoms with Gasteiger partial charge in [-0.25, -0.2) is 4.79 Å². The Labute approximate surface area is 167 Å². The third-order valence-electron chi connectivity index (χ3n) is 4.91. The molecule has 6 nitrogen and oxygen atoms in total. The normalized spacial score (nSPS) is 15.9. The van der Waals surface area contributed by atoms with Crippen molar-refractivity contribution in [2.45, 2.75) is 25.5 Å². The van der Waals surface area contributed by atoms with Crippen molar-refractivity contribution in [2.75, 3.05) is 44.6 Å². The summed E-state index contributed by atoms with van der Waals surface area (Å²) in [6.07, 6.45) is 2.12. The summed E-state index contributed by atoms with van der Waals surface area (Å²) in [5.41, 5.74) is 2.88. The van der Waals surface area contributed by atoms with Crippen molar-refractivity contribution in [1.29, 1.82) is 0 Å². The van der Waals surface area contributed by atoms with Gasteiger partial charge in [0.15, 0.2) is 0 Å². The quantitative estimate of drug-likeness (QED) is 0.786. The van der Waals surface area contributed by atoms with Crippen LogP contribution >= 0.6 is 0 Å². The fourth-order valence-electron chi connectivity index (χ4n) is 3.32. The molecule has 6 heteroatoms. The van der Waals surface area contributed by atoms with Gasteiger partial charge >= 0.3 is 6.03 Å². The van der Waals surface area contributed by atoms with Crippen LogP contribution in [0.1, 0.15) is 18.4 Å². The number of para-hydroxylation sites is 2. The van der Waals surface area contributed by atoms with Crippen molar-refractivity contribution in [1.82, 2.24) is 4.90 Å². The topological polar surface area (TPSA) is 54.0 Å². The SMILES string of the molecule is COc1ccccc1NC(=O)N(Cc1ccc(N(C)C)cc1)C[C@H]1CCCO1. The maximum atomic E-state index is 13.0. The summed E-state index contributed by atoms with van der Waals surface area (Å²) in [5, 5.41) is 2.98. The van der Waals surface area contributed by atoms with E-state index < -0.39 is 0 Å². The predicted molar refractivity (Wildman–Crippen MR) is 112 cm³/mol. The van der Waals surface area contributed by atoms with Crippen LogP contribution in [0.15, 0.2) is 48.5 Å². The average Bonchev–Trinajstić information content (AvgIpc) is 3.21. The Balaban J connectivity index is 1.74. The van der Waals surface area contributed by atoms with E-state index in [1.165, 1.54) is 0 Å². The van der Waals surface area contributed by atoms with Gasteiger partial charge in [-0.2, -0.15) is 0 Å². The van der Waals surface area contributed by atoms with Crippen LogP contribution in [-0.4, -0.2) is 51.4 Å². The van der Waals surface area contributed by atoms with Gasteiger partial charge in [0.2, 0.25) is 0 Å². The number of nitrogens with zero attached hydrogens (tertiary/aromatic N) is 2. The van der Waals surface area contributed by atoms with Crippen molar-refractivity contribution in [3.8, 4) is 5.75 Å². The Hall–Kier alpha value is -2.73. The number of hydrogen-bond donors (Lipinski definition) is 1. The lowest BCUT2D eigenvalue weighted by atomic mass is 10.1. The monoisotopic (exact) mass is 383 g/mol. The zero-order valence-electron chi connectivity index (χ0n) is 16.9. The van der Waals surface area contributed by atoms with Gasteiger partial charge in [-0.15, -0.1) is 0 Å². The van der Waals surface area contributed by atoms with Gasteiger partial charge < -0.3 is 24.6 Å². The second-order valence-corrected chi connectivity index (χ2v) is 7.21. The van der Waals surface area contributed by atoms with E-state index in [0.29, 0.717) is 24.5 Å². The van der Waals surface area contributed by atoms with Crippen LogP contribution in [0.25, 0.3) is 0 Å². The molecular weight excluding hydrogens is 354 g/mol. The number of nitrogens with one attached hydrogen (secondary N) is 1. The number of carbonyl (C=O) groups excluding carboxylic acids is 1. The largest absolute Gasteiger partial charge is 0.495 e. The molecule has 0 bridgehead atoms. The molecule has 1 fully saturated rings. The summed E-state index contributed by atoms with van der Waals surface area (Å²) < 4.78 is 11.1. The van der Waals surface area contributed by atoms with Crippen molar-refractivity contribution >= 4 is 17.4 Å². The van der Waals surface area contributed by atoms with E-state index in [0.717, 1.165) is 30.7 Å². The molecule has 1 aliphatic heterocycles. The Morgan fingerprint density at radius 1 is 1.18 bits per heavy atom. The van der Waals surface area contributed by atoms with Crippen LogP contribution in [0.5, 0.6) is 5.75 Å². The van der Waals surface area contributed by atoms with Gasteiger partial charge in [-0.1, -0.05) is 24.3 Å². The van der Waals surface area contributed by atoms with Crippen molar-refractivity contribution < 1.29 is 14.3 Å². The first-order chi connectivity index (χ1) is 13.6. The Morgan fingerprint density at radius 2 is 1.93 bits per heavy atom. The lowest BCUT2D eigenvalue weighted by Crippen LogP contribution is -2.39. The number of methoxy groups -OCH3 is 1. The van der Waals surface area contributed by atoms with E-state index in [1.807, 2.05) is 43.3 Å². The molecule has 2 amide bonds. The number of hydrogen-bond acceptors (Lipinski definition) is 4. The minimum atomic E-state index is -0.156. The molecule has 1 saturated heterocycles. The summed E-state index contributed by atoms with van der Waals surface area (Å²) in [6.45, 7) is 1.86. The standard InChI is InChI=1S/C22H29N3O3/c1-24(2)18-12-10-17(11-13-18)15-25(16-19-7-6-14-28-19)22(26)23-20-8-4-5-9-21(20)27-3/h4-5,8-13,19H,6-7,14-16H2,1-3H3,(H,23,26)/t19-/m1/s1. The number of carbonyl (C=O) groups is 1. The van der Waals surface area contributed by atoms with E-state index in [-0.39, 0.29) is 12.1 Å². The summed E-state index contributed by atoms with van der Waals surface area (Å²) in [4.78, 5) is 16.9. The molecule has 0 aromatic heterocycles. The van der Waals surface area contributed by atoms with Gasteiger partial charge in [0, 0.05) is 39.5 Å². The maximum Gasteiger partial charge on any atom is 0.322 e. The Kier molecular flexibility index (Phi) is 6.76. The third-order valence-corrected chi connectivity index (χ3v) is 4.91. The first kappa shape index (κ1) is 20.0. The minimum absolute atomic E-state index is 0.0875. The number of ether oxygens (including phenoxy) is 2. The molecule has 150 valence electrons. The molecule has 1 N–H and O–H groups in total. The molecule has 1 aliphatic rings. The maximum absolute atomic E-state index is 13.0. The van der Waals surface area contributed by atoms with Crippen LogP contribution < -0.4 is 15.0 Å². The van der Waals surface area contributed by atoms with E-state index in [4.69, 9.17) is 9.47 Å². The lowest BCUT2D eigenvalue weighted by molar-refractivity contribution is 0.0819. The average molecular weight is 383 g/mol.